The minimum absolute atomic E-state index is 0.625. The Morgan fingerprint density at radius 2 is 1.88 bits per heavy atom. The first-order chi connectivity index (χ1) is 8.29. The summed E-state index contributed by atoms with van der Waals surface area (Å²) in [5.41, 5.74) is 7.47. The van der Waals surface area contributed by atoms with Crippen LogP contribution in [0.3, 0.4) is 0 Å². The minimum atomic E-state index is 0.625. The highest BCUT2D eigenvalue weighted by molar-refractivity contribution is 7.99. The summed E-state index contributed by atoms with van der Waals surface area (Å²) >= 11 is 1.53. The second-order valence-electron chi connectivity index (χ2n) is 3.47. The van der Waals surface area contributed by atoms with Gasteiger partial charge in [-0.1, -0.05) is 30.1 Å². The predicted molar refractivity (Wildman–Crippen MR) is 74.5 cm³/mol. The van der Waals surface area contributed by atoms with Crippen LogP contribution in [-0.2, 0) is 0 Å². The molecular formula is C13H14N2OS. The molecule has 0 bridgehead atoms. The Morgan fingerprint density at radius 3 is 2.59 bits per heavy atom. The van der Waals surface area contributed by atoms with E-state index in [1.165, 1.54) is 11.9 Å². The molecule has 3 N–H and O–H groups in total. The highest BCUT2D eigenvalue weighted by atomic mass is 32.2. The molecule has 0 fully saturated rings. The maximum Gasteiger partial charge on any atom is 0.152 e. The van der Waals surface area contributed by atoms with Gasteiger partial charge in [-0.15, -0.1) is 0 Å². The number of benzene rings is 2. The molecule has 2 aromatic rings. The first kappa shape index (κ1) is 11.7. The average molecular weight is 246 g/mol. The SMILES string of the molecule is CSNc1ccc(N)c(Oc2ccccc2)c1. The van der Waals surface area contributed by atoms with Crippen LogP contribution in [0.15, 0.2) is 48.5 Å². The van der Waals surface area contributed by atoms with Crippen molar-refractivity contribution in [3.05, 3.63) is 48.5 Å². The van der Waals surface area contributed by atoms with E-state index >= 15 is 0 Å². The van der Waals surface area contributed by atoms with Crippen LogP contribution in [0.2, 0.25) is 0 Å². The number of nitrogen functional groups attached to an aromatic ring is 1. The molecule has 0 aromatic heterocycles. The molecule has 0 atom stereocenters. The summed E-state index contributed by atoms with van der Waals surface area (Å²) in [5.74, 6) is 1.44. The molecule has 3 nitrogen and oxygen atoms in total. The molecule has 4 heteroatoms. The van der Waals surface area contributed by atoms with Crippen molar-refractivity contribution >= 4 is 23.3 Å². The van der Waals surface area contributed by atoms with E-state index in [-0.39, 0.29) is 0 Å². The van der Waals surface area contributed by atoms with Gasteiger partial charge >= 0.3 is 0 Å². The average Bonchev–Trinajstić information content (AvgIpc) is 2.35. The maximum absolute atomic E-state index is 5.87. The molecule has 0 saturated heterocycles. The minimum Gasteiger partial charge on any atom is -0.455 e. The molecule has 0 radical (unpaired) electrons. The number of hydrogen-bond donors (Lipinski definition) is 2. The van der Waals surface area contributed by atoms with E-state index in [9.17, 15) is 0 Å². The van der Waals surface area contributed by atoms with Gasteiger partial charge in [-0.3, -0.25) is 0 Å². The number of nitrogens with two attached hydrogens (primary N) is 1. The Hall–Kier alpha value is -1.81. The molecule has 17 heavy (non-hydrogen) atoms. The van der Waals surface area contributed by atoms with Gasteiger partial charge in [-0.25, -0.2) is 0 Å². The molecule has 0 spiro atoms. The van der Waals surface area contributed by atoms with Crippen LogP contribution >= 0.6 is 11.9 Å². The van der Waals surface area contributed by atoms with Gasteiger partial charge in [0.05, 0.1) is 5.69 Å². The molecule has 88 valence electrons. The fraction of sp³-hybridized carbons (Fsp3) is 0.0769. The molecule has 2 aromatic carbocycles. The van der Waals surface area contributed by atoms with Crippen LogP contribution < -0.4 is 15.2 Å². The molecule has 0 amide bonds. The van der Waals surface area contributed by atoms with Gasteiger partial charge in [-0.2, -0.15) is 0 Å². The zero-order valence-electron chi connectivity index (χ0n) is 9.51. The van der Waals surface area contributed by atoms with E-state index < -0.39 is 0 Å². The summed E-state index contributed by atoms with van der Waals surface area (Å²) in [6.07, 6.45) is 1.97. The van der Waals surface area contributed by atoms with Gasteiger partial charge in [0.1, 0.15) is 5.75 Å². The molecule has 0 aliphatic heterocycles. The smallest absolute Gasteiger partial charge is 0.152 e. The zero-order chi connectivity index (χ0) is 12.1. The van der Waals surface area contributed by atoms with Crippen molar-refractivity contribution < 1.29 is 4.74 Å². The summed E-state index contributed by atoms with van der Waals surface area (Å²) in [7, 11) is 0. The number of nitrogens with one attached hydrogen (secondary N) is 1. The summed E-state index contributed by atoms with van der Waals surface area (Å²) in [5, 5.41) is 0. The highest BCUT2D eigenvalue weighted by Gasteiger charge is 2.03. The van der Waals surface area contributed by atoms with Crippen LogP contribution in [0.1, 0.15) is 0 Å². The lowest BCUT2D eigenvalue weighted by molar-refractivity contribution is 0.485. The van der Waals surface area contributed by atoms with Crippen molar-refractivity contribution in [2.75, 3.05) is 16.7 Å². The van der Waals surface area contributed by atoms with E-state index in [0.29, 0.717) is 11.4 Å². The number of para-hydroxylation sites is 1. The molecular weight excluding hydrogens is 232 g/mol. The summed E-state index contributed by atoms with van der Waals surface area (Å²) in [4.78, 5) is 0. The van der Waals surface area contributed by atoms with E-state index in [4.69, 9.17) is 10.5 Å². The summed E-state index contributed by atoms with van der Waals surface area (Å²) in [6.45, 7) is 0. The Kier molecular flexibility index (Phi) is 3.77. The normalized spacial score (nSPS) is 9.94. The quantitative estimate of drug-likeness (QED) is 0.637. The molecule has 0 aliphatic carbocycles. The van der Waals surface area contributed by atoms with Crippen LogP contribution in [0.5, 0.6) is 11.5 Å². The number of rotatable bonds is 4. The van der Waals surface area contributed by atoms with Gasteiger partial charge in [0.15, 0.2) is 5.75 Å². The Morgan fingerprint density at radius 1 is 1.12 bits per heavy atom. The van der Waals surface area contributed by atoms with Gasteiger partial charge in [0.2, 0.25) is 0 Å². The predicted octanol–water partition coefficient (Wildman–Crippen LogP) is 3.75. The van der Waals surface area contributed by atoms with Crippen LogP contribution in [-0.4, -0.2) is 6.26 Å². The first-order valence-corrected chi connectivity index (χ1v) is 6.43. The standard InChI is InChI=1S/C13H14N2OS/c1-17-15-10-7-8-12(14)13(9-10)16-11-5-3-2-4-6-11/h2-9,15H,14H2,1H3. The zero-order valence-corrected chi connectivity index (χ0v) is 10.3. The van der Waals surface area contributed by atoms with Gasteiger partial charge in [-0.05, 0) is 24.3 Å². The second-order valence-corrected chi connectivity index (χ2v) is 4.09. The van der Waals surface area contributed by atoms with Crippen molar-refractivity contribution in [1.82, 2.24) is 0 Å². The lowest BCUT2D eigenvalue weighted by Crippen LogP contribution is -1.93. The lowest BCUT2D eigenvalue weighted by atomic mass is 10.2. The van der Waals surface area contributed by atoms with Crippen molar-refractivity contribution in [2.45, 2.75) is 0 Å². The molecule has 0 saturated carbocycles. The van der Waals surface area contributed by atoms with Gasteiger partial charge in [0, 0.05) is 18.0 Å². The van der Waals surface area contributed by atoms with Crippen LogP contribution in [0, 0.1) is 0 Å². The van der Waals surface area contributed by atoms with Gasteiger partial charge < -0.3 is 15.2 Å². The lowest BCUT2D eigenvalue weighted by Gasteiger charge is -2.10. The van der Waals surface area contributed by atoms with Crippen molar-refractivity contribution in [1.29, 1.82) is 0 Å². The summed E-state index contributed by atoms with van der Waals surface area (Å²) < 4.78 is 8.86. The Balaban J connectivity index is 2.22. The first-order valence-electron chi connectivity index (χ1n) is 5.21. The third-order valence-electron chi connectivity index (χ3n) is 2.20. The second kappa shape index (κ2) is 5.50. The third kappa shape index (κ3) is 3.07. The topological polar surface area (TPSA) is 47.3 Å². The Bertz CT molecular complexity index is 488. The van der Waals surface area contributed by atoms with Crippen molar-refractivity contribution in [3.63, 3.8) is 0 Å². The van der Waals surface area contributed by atoms with Crippen molar-refractivity contribution in [3.8, 4) is 11.5 Å². The molecule has 0 unspecified atom stereocenters. The van der Waals surface area contributed by atoms with Crippen LogP contribution in [0.4, 0.5) is 11.4 Å². The van der Waals surface area contributed by atoms with Crippen molar-refractivity contribution in [2.24, 2.45) is 0 Å². The van der Waals surface area contributed by atoms with E-state index in [0.717, 1.165) is 11.4 Å². The number of ether oxygens (including phenoxy) is 1. The molecule has 2 rings (SSSR count). The largest absolute Gasteiger partial charge is 0.455 e. The van der Waals surface area contributed by atoms with E-state index in [2.05, 4.69) is 4.72 Å². The Labute approximate surface area is 105 Å². The number of anilines is 2. The molecule has 0 aliphatic rings. The van der Waals surface area contributed by atoms with Gasteiger partial charge in [0.25, 0.3) is 0 Å². The monoisotopic (exact) mass is 246 g/mol. The van der Waals surface area contributed by atoms with Crippen LogP contribution in [0.25, 0.3) is 0 Å². The third-order valence-corrected chi connectivity index (χ3v) is 2.64. The van der Waals surface area contributed by atoms with E-state index in [1.807, 2.05) is 54.8 Å². The fourth-order valence-electron chi connectivity index (χ4n) is 1.42. The highest BCUT2D eigenvalue weighted by Crippen LogP contribution is 2.30. The van der Waals surface area contributed by atoms with E-state index in [1.54, 1.807) is 0 Å². The summed E-state index contributed by atoms with van der Waals surface area (Å²) in [6, 6.07) is 15.2. The number of hydrogen-bond acceptors (Lipinski definition) is 4. The maximum atomic E-state index is 5.87. The fourth-order valence-corrected chi connectivity index (χ4v) is 1.78. The molecule has 0 heterocycles.